The van der Waals surface area contributed by atoms with Crippen LogP contribution in [-0.2, 0) is 5.41 Å². The summed E-state index contributed by atoms with van der Waals surface area (Å²) >= 11 is 0. The van der Waals surface area contributed by atoms with Crippen LogP contribution in [0.2, 0.25) is 0 Å². The summed E-state index contributed by atoms with van der Waals surface area (Å²) in [6, 6.07) is 68.4. The minimum Gasteiger partial charge on any atom is -0.456 e. The monoisotopic (exact) mass is 703 g/mol. The van der Waals surface area contributed by atoms with E-state index in [0.29, 0.717) is 0 Å². The summed E-state index contributed by atoms with van der Waals surface area (Å²) in [5, 5.41) is 4.80. The molecule has 9 aromatic carbocycles. The smallest absolute Gasteiger partial charge is 0.135 e. The number of ether oxygens (including phenoxy) is 1. The second kappa shape index (κ2) is 12.1. The molecular formula is C53H37NO. The van der Waals surface area contributed by atoms with Crippen molar-refractivity contribution in [1.29, 1.82) is 0 Å². The van der Waals surface area contributed by atoms with Crippen molar-refractivity contribution in [2.75, 3.05) is 4.90 Å². The van der Waals surface area contributed by atoms with Gasteiger partial charge in [0.2, 0.25) is 0 Å². The largest absolute Gasteiger partial charge is 0.456 e. The van der Waals surface area contributed by atoms with Crippen molar-refractivity contribution >= 4 is 38.6 Å². The van der Waals surface area contributed by atoms with E-state index in [1.54, 1.807) is 0 Å². The van der Waals surface area contributed by atoms with Gasteiger partial charge in [0.15, 0.2) is 0 Å². The van der Waals surface area contributed by atoms with E-state index in [-0.39, 0.29) is 5.41 Å². The van der Waals surface area contributed by atoms with E-state index in [2.05, 4.69) is 207 Å². The van der Waals surface area contributed by atoms with Crippen LogP contribution >= 0.6 is 0 Å². The first-order valence-corrected chi connectivity index (χ1v) is 19.1. The Labute approximate surface area is 321 Å². The molecule has 0 saturated heterocycles. The number of hydrogen-bond acceptors (Lipinski definition) is 2. The highest BCUT2D eigenvalue weighted by atomic mass is 16.5. The van der Waals surface area contributed by atoms with Crippen molar-refractivity contribution in [3.63, 3.8) is 0 Å². The van der Waals surface area contributed by atoms with Crippen molar-refractivity contribution < 1.29 is 4.74 Å². The lowest BCUT2D eigenvalue weighted by atomic mass is 9.82. The molecule has 2 nitrogen and oxygen atoms in total. The quantitative estimate of drug-likeness (QED) is 0.181. The Morgan fingerprint density at radius 1 is 0.364 bits per heavy atom. The Hall–Kier alpha value is -6.90. The number of benzene rings is 9. The van der Waals surface area contributed by atoms with Gasteiger partial charge in [-0.3, -0.25) is 0 Å². The number of anilines is 3. The molecular weight excluding hydrogens is 667 g/mol. The van der Waals surface area contributed by atoms with Crippen molar-refractivity contribution in [3.8, 4) is 56.0 Å². The molecule has 2 heteroatoms. The minimum absolute atomic E-state index is 0.112. The van der Waals surface area contributed by atoms with Gasteiger partial charge in [0, 0.05) is 39.2 Å². The summed E-state index contributed by atoms with van der Waals surface area (Å²) < 4.78 is 7.01. The molecule has 0 amide bonds. The molecule has 0 fully saturated rings. The van der Waals surface area contributed by atoms with Gasteiger partial charge in [0.1, 0.15) is 11.5 Å². The molecule has 0 N–H and O–H groups in total. The van der Waals surface area contributed by atoms with Gasteiger partial charge in [-0.05, 0) is 121 Å². The summed E-state index contributed by atoms with van der Waals surface area (Å²) in [6.07, 6.45) is 0. The van der Waals surface area contributed by atoms with Crippen LogP contribution in [0.4, 0.5) is 17.1 Å². The summed E-state index contributed by atoms with van der Waals surface area (Å²) in [6.45, 7) is 4.69. The van der Waals surface area contributed by atoms with Gasteiger partial charge in [0.25, 0.3) is 0 Å². The highest BCUT2D eigenvalue weighted by Crippen LogP contribution is 2.54. The molecule has 1 heterocycles. The van der Waals surface area contributed by atoms with Gasteiger partial charge < -0.3 is 9.64 Å². The summed E-state index contributed by atoms with van der Waals surface area (Å²) in [7, 11) is 0. The van der Waals surface area contributed by atoms with Gasteiger partial charge in [-0.25, -0.2) is 0 Å². The number of rotatable bonds is 4. The van der Waals surface area contributed by atoms with Crippen LogP contribution in [-0.4, -0.2) is 0 Å². The molecule has 0 atom stereocenters. The topological polar surface area (TPSA) is 12.5 Å². The van der Waals surface area contributed by atoms with E-state index in [4.69, 9.17) is 4.74 Å². The zero-order valence-electron chi connectivity index (χ0n) is 30.8. The standard InChI is InChI=1S/C53H37NO/c1-53(2)48-22-11-10-19-43(48)44-27-25-41(33-49(44)53)54(39-17-4-3-5-18-39)40-26-28-50-46(32-40)45-21-12-20-42(38-24-23-34-13-6-7-14-35(34)29-38)52(45)47-30-36-15-8-9-16-37(36)31-51(47)55-50/h3-33H,1-2H3. The molecule has 0 aromatic heterocycles. The van der Waals surface area contributed by atoms with Crippen LogP contribution in [0.3, 0.4) is 0 Å². The molecule has 1 aliphatic heterocycles. The van der Waals surface area contributed by atoms with Crippen LogP contribution in [0.1, 0.15) is 25.0 Å². The lowest BCUT2D eigenvalue weighted by Gasteiger charge is -2.28. The lowest BCUT2D eigenvalue weighted by molar-refractivity contribution is 0.488. The third-order valence-electron chi connectivity index (χ3n) is 11.8. The molecule has 9 aromatic rings. The Kier molecular flexibility index (Phi) is 6.93. The van der Waals surface area contributed by atoms with Crippen molar-refractivity contribution in [2.45, 2.75) is 19.3 Å². The Balaban J connectivity index is 1.14. The Bertz CT molecular complexity index is 2990. The molecule has 260 valence electrons. The molecule has 0 spiro atoms. The van der Waals surface area contributed by atoms with Crippen molar-refractivity contribution in [2.24, 2.45) is 0 Å². The van der Waals surface area contributed by atoms with Crippen LogP contribution in [0.5, 0.6) is 11.5 Å². The van der Waals surface area contributed by atoms with E-state index >= 15 is 0 Å². The molecule has 0 radical (unpaired) electrons. The summed E-state index contributed by atoms with van der Waals surface area (Å²) in [5.41, 5.74) is 15.4. The van der Waals surface area contributed by atoms with E-state index < -0.39 is 0 Å². The van der Waals surface area contributed by atoms with Gasteiger partial charge in [0.05, 0.1) is 0 Å². The molecule has 1 aliphatic carbocycles. The average Bonchev–Trinajstić information content (AvgIpc) is 3.37. The predicted molar refractivity (Wildman–Crippen MR) is 230 cm³/mol. The van der Waals surface area contributed by atoms with Gasteiger partial charge in [-0.2, -0.15) is 0 Å². The predicted octanol–water partition coefficient (Wildman–Crippen LogP) is 14.9. The highest BCUT2D eigenvalue weighted by Gasteiger charge is 2.36. The lowest BCUT2D eigenvalue weighted by Crippen LogP contribution is -2.16. The fourth-order valence-electron chi connectivity index (χ4n) is 9.09. The first kappa shape index (κ1) is 31.6. The zero-order valence-corrected chi connectivity index (χ0v) is 30.8. The van der Waals surface area contributed by atoms with Crippen LogP contribution < -0.4 is 9.64 Å². The third-order valence-corrected chi connectivity index (χ3v) is 11.8. The molecule has 0 bridgehead atoms. The van der Waals surface area contributed by atoms with E-state index in [0.717, 1.165) is 50.6 Å². The van der Waals surface area contributed by atoms with E-state index in [9.17, 15) is 0 Å². The van der Waals surface area contributed by atoms with Crippen LogP contribution in [0.25, 0.3) is 66.1 Å². The Morgan fingerprint density at radius 2 is 1.00 bits per heavy atom. The van der Waals surface area contributed by atoms with Gasteiger partial charge >= 0.3 is 0 Å². The third kappa shape index (κ3) is 4.95. The maximum Gasteiger partial charge on any atom is 0.135 e. The fourth-order valence-corrected chi connectivity index (χ4v) is 9.09. The number of fused-ring (bicyclic) bond motifs is 10. The molecule has 2 aliphatic rings. The fraction of sp³-hybridized carbons (Fsp3) is 0.0566. The number of nitrogens with zero attached hydrogens (tertiary/aromatic N) is 1. The summed E-state index contributed by atoms with van der Waals surface area (Å²) in [5.74, 6) is 1.70. The van der Waals surface area contributed by atoms with E-state index in [1.807, 2.05) is 0 Å². The average molecular weight is 704 g/mol. The number of para-hydroxylation sites is 1. The van der Waals surface area contributed by atoms with Gasteiger partial charge in [-0.15, -0.1) is 0 Å². The second-order valence-electron chi connectivity index (χ2n) is 15.3. The molecule has 0 unspecified atom stereocenters. The zero-order chi connectivity index (χ0) is 36.7. The van der Waals surface area contributed by atoms with Crippen molar-refractivity contribution in [3.05, 3.63) is 199 Å². The minimum atomic E-state index is -0.112. The molecule has 0 saturated carbocycles. The SMILES string of the molecule is CC1(C)c2ccccc2-c2ccc(N(c3ccccc3)c3ccc4c(c3)-c3cccc(-c5ccc6ccccc6c5)c3-c3cc5ccccc5cc3O4)cc21. The molecule has 11 rings (SSSR count). The molecule has 55 heavy (non-hydrogen) atoms. The second-order valence-corrected chi connectivity index (χ2v) is 15.3. The van der Waals surface area contributed by atoms with E-state index in [1.165, 1.54) is 55.1 Å². The normalized spacial score (nSPS) is 13.2. The first-order chi connectivity index (χ1) is 27.0. The van der Waals surface area contributed by atoms with Crippen LogP contribution in [0, 0.1) is 0 Å². The van der Waals surface area contributed by atoms with Crippen molar-refractivity contribution in [1.82, 2.24) is 0 Å². The maximum atomic E-state index is 7.01. The highest BCUT2D eigenvalue weighted by molar-refractivity contribution is 6.04. The summed E-state index contributed by atoms with van der Waals surface area (Å²) in [4.78, 5) is 2.39. The first-order valence-electron chi connectivity index (χ1n) is 19.1. The Morgan fingerprint density at radius 3 is 1.84 bits per heavy atom. The van der Waals surface area contributed by atoms with Crippen LogP contribution in [0.15, 0.2) is 188 Å². The maximum absolute atomic E-state index is 7.01. The van der Waals surface area contributed by atoms with Gasteiger partial charge in [-0.1, -0.05) is 141 Å². The number of hydrogen-bond donors (Lipinski definition) is 0.